The minimum atomic E-state index is 0. The lowest BCUT2D eigenvalue weighted by atomic mass is 10.1. The molecule has 0 aromatic heterocycles. The summed E-state index contributed by atoms with van der Waals surface area (Å²) < 4.78 is 16.3. The van der Waals surface area contributed by atoms with Crippen LogP contribution in [0, 0.1) is 5.92 Å². The molecule has 0 saturated carbocycles. The number of likely N-dealkylation sites (tertiary alicyclic amines) is 1. The summed E-state index contributed by atoms with van der Waals surface area (Å²) in [7, 11) is 1.77. The van der Waals surface area contributed by atoms with Crippen LogP contribution >= 0.6 is 24.0 Å². The molecule has 0 radical (unpaired) electrons. The van der Waals surface area contributed by atoms with Gasteiger partial charge < -0.3 is 24.4 Å². The van der Waals surface area contributed by atoms with Crippen molar-refractivity contribution < 1.29 is 14.2 Å². The molecule has 0 aliphatic carbocycles. The third-order valence-electron chi connectivity index (χ3n) is 3.65. The molecule has 2 aliphatic heterocycles. The van der Waals surface area contributed by atoms with E-state index < -0.39 is 0 Å². The summed E-state index contributed by atoms with van der Waals surface area (Å²) in [5.41, 5.74) is 0. The van der Waals surface area contributed by atoms with Crippen LogP contribution in [0.4, 0.5) is 0 Å². The van der Waals surface area contributed by atoms with Crippen molar-refractivity contribution in [2.45, 2.75) is 19.4 Å². The number of rotatable bonds is 5. The molecule has 0 aromatic carbocycles. The van der Waals surface area contributed by atoms with Crippen LogP contribution in [0.25, 0.3) is 0 Å². The van der Waals surface area contributed by atoms with Crippen molar-refractivity contribution in [3.8, 4) is 0 Å². The van der Waals surface area contributed by atoms with Crippen LogP contribution in [0.15, 0.2) is 4.99 Å². The van der Waals surface area contributed by atoms with Crippen LogP contribution < -0.4 is 5.32 Å². The third-order valence-corrected chi connectivity index (χ3v) is 3.65. The quantitative estimate of drug-likeness (QED) is 0.414. The Morgan fingerprint density at radius 1 is 1.43 bits per heavy atom. The van der Waals surface area contributed by atoms with Crippen LogP contribution in [-0.2, 0) is 14.2 Å². The predicted octanol–water partition coefficient (Wildman–Crippen LogP) is 0.954. The zero-order valence-corrected chi connectivity index (χ0v) is 15.4. The van der Waals surface area contributed by atoms with Gasteiger partial charge in [0.1, 0.15) is 6.10 Å². The first-order chi connectivity index (χ1) is 9.83. The molecule has 7 heteroatoms. The number of methoxy groups -OCH3 is 1. The SMILES string of the molecule is CCNC(=NCC1COCCO1)N1CCC(COC)C1.I. The average Bonchev–Trinajstić information content (AvgIpc) is 2.93. The van der Waals surface area contributed by atoms with Crippen molar-refractivity contribution in [2.24, 2.45) is 10.9 Å². The first-order valence-electron chi connectivity index (χ1n) is 7.55. The molecule has 0 amide bonds. The number of nitrogens with one attached hydrogen (secondary N) is 1. The van der Waals surface area contributed by atoms with Crippen LogP contribution in [0.3, 0.4) is 0 Å². The number of guanidine groups is 1. The molecule has 2 rings (SSSR count). The van der Waals surface area contributed by atoms with Crippen LogP contribution in [-0.4, -0.2) is 76.7 Å². The van der Waals surface area contributed by atoms with Crippen LogP contribution in [0.5, 0.6) is 0 Å². The van der Waals surface area contributed by atoms with Crippen LogP contribution in [0.2, 0.25) is 0 Å². The molecule has 0 bridgehead atoms. The van der Waals surface area contributed by atoms with E-state index in [-0.39, 0.29) is 30.1 Å². The highest BCUT2D eigenvalue weighted by Crippen LogP contribution is 2.16. The number of aliphatic imine (C=N–C) groups is 1. The maximum absolute atomic E-state index is 5.63. The predicted molar refractivity (Wildman–Crippen MR) is 93.5 cm³/mol. The second-order valence-electron chi connectivity index (χ2n) is 5.32. The lowest BCUT2D eigenvalue weighted by Gasteiger charge is -2.24. The monoisotopic (exact) mass is 413 g/mol. The first kappa shape index (κ1) is 18.9. The summed E-state index contributed by atoms with van der Waals surface area (Å²) >= 11 is 0. The molecule has 2 heterocycles. The van der Waals surface area contributed by atoms with Gasteiger partial charge in [-0.15, -0.1) is 24.0 Å². The summed E-state index contributed by atoms with van der Waals surface area (Å²) in [6.07, 6.45) is 1.26. The van der Waals surface area contributed by atoms with E-state index in [0.717, 1.165) is 32.2 Å². The summed E-state index contributed by atoms with van der Waals surface area (Å²) in [5, 5.41) is 3.37. The fourth-order valence-electron chi connectivity index (χ4n) is 2.65. The van der Waals surface area contributed by atoms with Gasteiger partial charge in [-0.25, -0.2) is 0 Å². The van der Waals surface area contributed by atoms with E-state index in [1.807, 2.05) is 0 Å². The number of halogens is 1. The zero-order valence-electron chi connectivity index (χ0n) is 13.0. The van der Waals surface area contributed by atoms with Crippen molar-refractivity contribution in [1.82, 2.24) is 10.2 Å². The molecule has 0 aromatic rings. The molecule has 21 heavy (non-hydrogen) atoms. The van der Waals surface area contributed by atoms with Gasteiger partial charge in [-0.3, -0.25) is 4.99 Å². The molecular formula is C14H28IN3O3. The van der Waals surface area contributed by atoms with Gasteiger partial charge in [-0.2, -0.15) is 0 Å². The fourth-order valence-corrected chi connectivity index (χ4v) is 2.65. The Labute approximate surface area is 144 Å². The fraction of sp³-hybridized carbons (Fsp3) is 0.929. The second kappa shape index (κ2) is 10.6. The maximum atomic E-state index is 5.63. The van der Waals surface area contributed by atoms with E-state index in [9.17, 15) is 0 Å². The summed E-state index contributed by atoms with van der Waals surface area (Å²) in [6.45, 7) is 8.55. The number of hydrogen-bond donors (Lipinski definition) is 1. The Kier molecular flexibility index (Phi) is 9.54. The molecule has 124 valence electrons. The molecule has 2 atom stereocenters. The zero-order chi connectivity index (χ0) is 14.2. The van der Waals surface area contributed by atoms with E-state index in [1.165, 1.54) is 6.42 Å². The molecular weight excluding hydrogens is 385 g/mol. The minimum absolute atomic E-state index is 0. The van der Waals surface area contributed by atoms with Gasteiger partial charge >= 0.3 is 0 Å². The van der Waals surface area contributed by atoms with E-state index in [1.54, 1.807) is 7.11 Å². The van der Waals surface area contributed by atoms with Gasteiger partial charge in [0.15, 0.2) is 5.96 Å². The van der Waals surface area contributed by atoms with Crippen molar-refractivity contribution in [3.05, 3.63) is 0 Å². The highest BCUT2D eigenvalue weighted by molar-refractivity contribution is 14.0. The van der Waals surface area contributed by atoms with E-state index in [4.69, 9.17) is 19.2 Å². The highest BCUT2D eigenvalue weighted by atomic mass is 127. The average molecular weight is 413 g/mol. The summed E-state index contributed by atoms with van der Waals surface area (Å²) in [5.74, 6) is 1.60. The largest absolute Gasteiger partial charge is 0.384 e. The van der Waals surface area contributed by atoms with Crippen LogP contribution in [0.1, 0.15) is 13.3 Å². The molecule has 2 fully saturated rings. The van der Waals surface area contributed by atoms with Crippen molar-refractivity contribution in [2.75, 3.05) is 59.7 Å². The third kappa shape index (κ3) is 6.25. The van der Waals surface area contributed by atoms with E-state index in [2.05, 4.69) is 17.1 Å². The maximum Gasteiger partial charge on any atom is 0.194 e. The van der Waals surface area contributed by atoms with Gasteiger partial charge in [0.05, 0.1) is 33.0 Å². The minimum Gasteiger partial charge on any atom is -0.384 e. The topological polar surface area (TPSA) is 55.3 Å². The normalized spacial score (nSPS) is 26.6. The lowest BCUT2D eigenvalue weighted by Crippen LogP contribution is -2.41. The molecule has 0 spiro atoms. The Balaban J connectivity index is 0.00000220. The van der Waals surface area contributed by atoms with E-state index >= 15 is 0 Å². The Morgan fingerprint density at radius 2 is 2.29 bits per heavy atom. The Bertz CT molecular complexity index is 312. The molecule has 1 N–H and O–H groups in total. The lowest BCUT2D eigenvalue weighted by molar-refractivity contribution is -0.0833. The van der Waals surface area contributed by atoms with Crippen molar-refractivity contribution >= 4 is 29.9 Å². The van der Waals surface area contributed by atoms with Gasteiger partial charge in [-0.05, 0) is 13.3 Å². The first-order valence-corrected chi connectivity index (χ1v) is 7.55. The number of hydrogen-bond acceptors (Lipinski definition) is 4. The van der Waals surface area contributed by atoms with Crippen molar-refractivity contribution in [1.29, 1.82) is 0 Å². The molecule has 2 saturated heterocycles. The van der Waals surface area contributed by atoms with E-state index in [0.29, 0.717) is 32.3 Å². The van der Waals surface area contributed by atoms with Gasteiger partial charge in [0.2, 0.25) is 0 Å². The molecule has 2 aliphatic rings. The second-order valence-corrected chi connectivity index (χ2v) is 5.32. The Hall–Kier alpha value is -0.120. The molecule has 2 unspecified atom stereocenters. The summed E-state index contributed by atoms with van der Waals surface area (Å²) in [4.78, 5) is 7.02. The van der Waals surface area contributed by atoms with Gasteiger partial charge in [0.25, 0.3) is 0 Å². The smallest absolute Gasteiger partial charge is 0.194 e. The number of ether oxygens (including phenoxy) is 3. The highest BCUT2D eigenvalue weighted by Gasteiger charge is 2.25. The van der Waals surface area contributed by atoms with Gasteiger partial charge in [0, 0.05) is 32.7 Å². The standard InChI is InChI=1S/C14H27N3O3.HI/c1-3-15-14(16-8-13-11-19-6-7-20-13)17-5-4-12(9-17)10-18-2;/h12-13H,3-11H2,1-2H3,(H,15,16);1H. The molecule has 6 nitrogen and oxygen atoms in total. The number of nitrogens with zero attached hydrogens (tertiary/aromatic N) is 2. The Morgan fingerprint density at radius 3 is 2.95 bits per heavy atom. The van der Waals surface area contributed by atoms with Gasteiger partial charge in [-0.1, -0.05) is 0 Å². The summed E-state index contributed by atoms with van der Waals surface area (Å²) in [6, 6.07) is 0. The van der Waals surface area contributed by atoms with Crippen molar-refractivity contribution in [3.63, 3.8) is 0 Å².